The molecular weight excluding hydrogens is 473 g/mol. The normalized spacial score (nSPS) is 10.8. The van der Waals surface area contributed by atoms with Crippen molar-refractivity contribution in [3.05, 3.63) is 99.1 Å². The number of rotatable bonds is 8. The van der Waals surface area contributed by atoms with Gasteiger partial charge in [-0.05, 0) is 85.5 Å². The lowest BCUT2D eigenvalue weighted by Crippen LogP contribution is -2.37. The first-order valence-corrected chi connectivity index (χ1v) is 11.9. The van der Waals surface area contributed by atoms with Crippen LogP contribution in [0, 0.1) is 19.7 Å². The van der Waals surface area contributed by atoms with Crippen LogP contribution in [0.3, 0.4) is 0 Å². The first-order chi connectivity index (χ1) is 17.8. The van der Waals surface area contributed by atoms with E-state index in [1.54, 1.807) is 19.1 Å². The Morgan fingerprint density at radius 3 is 2.41 bits per heavy atom. The van der Waals surface area contributed by atoms with Crippen LogP contribution in [-0.2, 0) is 13.0 Å². The summed E-state index contributed by atoms with van der Waals surface area (Å²) in [6.07, 6.45) is 0.515. The van der Waals surface area contributed by atoms with Gasteiger partial charge in [-0.15, -0.1) is 0 Å². The van der Waals surface area contributed by atoms with E-state index in [9.17, 15) is 14.0 Å². The van der Waals surface area contributed by atoms with Gasteiger partial charge in [0.15, 0.2) is 11.5 Å². The third-order valence-electron chi connectivity index (χ3n) is 6.25. The van der Waals surface area contributed by atoms with Crippen LogP contribution in [0.5, 0.6) is 11.5 Å². The van der Waals surface area contributed by atoms with E-state index < -0.39 is 11.8 Å². The van der Waals surface area contributed by atoms with Gasteiger partial charge in [0.25, 0.3) is 5.56 Å². The van der Waals surface area contributed by atoms with Crippen molar-refractivity contribution in [2.24, 2.45) is 0 Å². The highest BCUT2D eigenvalue weighted by molar-refractivity contribution is 5.89. The zero-order chi connectivity index (χ0) is 26.5. The van der Waals surface area contributed by atoms with Gasteiger partial charge in [-0.2, -0.15) is 0 Å². The molecule has 0 fully saturated rings. The zero-order valence-electron chi connectivity index (χ0n) is 21.4. The second-order valence-electron chi connectivity index (χ2n) is 8.96. The largest absolute Gasteiger partial charge is 0.493 e. The molecule has 0 atom stereocenters. The summed E-state index contributed by atoms with van der Waals surface area (Å²) >= 11 is 0. The molecule has 0 aliphatic rings. The Kier molecular flexibility index (Phi) is 7.77. The van der Waals surface area contributed by atoms with E-state index in [1.165, 1.54) is 24.3 Å². The van der Waals surface area contributed by atoms with Crippen molar-refractivity contribution in [2.75, 3.05) is 26.1 Å². The predicted molar refractivity (Wildman–Crippen MR) is 143 cm³/mol. The van der Waals surface area contributed by atoms with E-state index in [4.69, 9.17) is 9.47 Å². The Labute approximate surface area is 214 Å². The molecule has 2 N–H and O–H groups in total. The summed E-state index contributed by atoms with van der Waals surface area (Å²) in [5, 5.41) is 3.74. The average molecular weight is 504 g/mol. The molecule has 4 rings (SSSR count). The summed E-state index contributed by atoms with van der Waals surface area (Å²) in [6, 6.07) is 16.6. The Bertz CT molecular complexity index is 1480. The monoisotopic (exact) mass is 503 g/mol. The van der Waals surface area contributed by atoms with Gasteiger partial charge in [-0.1, -0.05) is 12.1 Å². The number of amides is 2. The quantitative estimate of drug-likeness (QED) is 0.329. The standard InChI is InChI=1S/C29H30FN3O4/c1-18-13-19(2)24-16-21(28(34)32-25(24)14-18)17-33(29(35)31-23-8-6-22(30)7-9-23)12-11-20-5-10-26(36-3)27(15-20)37-4/h5-10,13-16H,11-12,17H2,1-4H3,(H,31,35)(H,32,34). The third-order valence-corrected chi connectivity index (χ3v) is 6.25. The van der Waals surface area contributed by atoms with Crippen molar-refractivity contribution in [3.8, 4) is 11.5 Å². The molecule has 0 saturated carbocycles. The van der Waals surface area contributed by atoms with E-state index >= 15 is 0 Å². The molecular formula is C29H30FN3O4. The second kappa shape index (κ2) is 11.2. The number of ether oxygens (including phenoxy) is 2. The highest BCUT2D eigenvalue weighted by Gasteiger charge is 2.18. The molecule has 0 aliphatic heterocycles. The van der Waals surface area contributed by atoms with E-state index in [1.807, 2.05) is 44.2 Å². The van der Waals surface area contributed by atoms with Crippen LogP contribution in [0.15, 0.2) is 65.5 Å². The summed E-state index contributed by atoms with van der Waals surface area (Å²) in [4.78, 5) is 30.8. The zero-order valence-corrected chi connectivity index (χ0v) is 21.4. The van der Waals surface area contributed by atoms with Crippen LogP contribution >= 0.6 is 0 Å². The molecule has 0 saturated heterocycles. The Balaban J connectivity index is 1.62. The maximum atomic E-state index is 13.3. The minimum Gasteiger partial charge on any atom is -0.493 e. The summed E-state index contributed by atoms with van der Waals surface area (Å²) < 4.78 is 24.1. The number of aryl methyl sites for hydroxylation is 2. The number of urea groups is 1. The number of nitrogens with one attached hydrogen (secondary N) is 2. The highest BCUT2D eigenvalue weighted by atomic mass is 19.1. The van der Waals surface area contributed by atoms with Gasteiger partial charge in [0, 0.05) is 28.7 Å². The van der Waals surface area contributed by atoms with E-state index in [0.717, 1.165) is 27.6 Å². The van der Waals surface area contributed by atoms with Gasteiger partial charge in [-0.3, -0.25) is 4.79 Å². The van der Waals surface area contributed by atoms with Crippen molar-refractivity contribution in [3.63, 3.8) is 0 Å². The summed E-state index contributed by atoms with van der Waals surface area (Å²) in [6.45, 7) is 4.40. The number of aromatic amines is 1. The highest BCUT2D eigenvalue weighted by Crippen LogP contribution is 2.28. The Morgan fingerprint density at radius 1 is 0.973 bits per heavy atom. The van der Waals surface area contributed by atoms with Gasteiger partial charge in [-0.25, -0.2) is 9.18 Å². The third kappa shape index (κ3) is 6.09. The first-order valence-electron chi connectivity index (χ1n) is 11.9. The van der Waals surface area contributed by atoms with Crippen LogP contribution in [0.4, 0.5) is 14.9 Å². The van der Waals surface area contributed by atoms with Crippen LogP contribution in [0.1, 0.15) is 22.3 Å². The number of H-pyrrole nitrogens is 1. The minimum atomic E-state index is -0.396. The van der Waals surface area contributed by atoms with Gasteiger partial charge >= 0.3 is 6.03 Å². The summed E-state index contributed by atoms with van der Waals surface area (Å²) in [5.41, 5.74) is 4.49. The van der Waals surface area contributed by atoms with E-state index in [2.05, 4.69) is 16.4 Å². The van der Waals surface area contributed by atoms with Crippen molar-refractivity contribution in [1.29, 1.82) is 0 Å². The number of nitrogens with zero attached hydrogens (tertiary/aromatic N) is 1. The Hall–Kier alpha value is -4.33. The number of carbonyl (C=O) groups is 1. The fraction of sp³-hybridized carbons (Fsp3) is 0.241. The topological polar surface area (TPSA) is 83.7 Å². The van der Waals surface area contributed by atoms with Gasteiger partial charge < -0.3 is 24.7 Å². The average Bonchev–Trinajstić information content (AvgIpc) is 2.88. The molecule has 4 aromatic rings. The molecule has 192 valence electrons. The van der Waals surface area contributed by atoms with Crippen LogP contribution in [0.25, 0.3) is 10.9 Å². The van der Waals surface area contributed by atoms with Crippen molar-refractivity contribution in [1.82, 2.24) is 9.88 Å². The fourth-order valence-corrected chi connectivity index (χ4v) is 4.33. The summed E-state index contributed by atoms with van der Waals surface area (Å²) in [5.74, 6) is 0.820. The molecule has 7 nitrogen and oxygen atoms in total. The molecule has 8 heteroatoms. The maximum Gasteiger partial charge on any atom is 0.322 e. The maximum absolute atomic E-state index is 13.3. The number of carbonyl (C=O) groups excluding carboxylic acids is 1. The number of benzene rings is 3. The number of pyridine rings is 1. The van der Waals surface area contributed by atoms with Crippen LogP contribution in [0.2, 0.25) is 0 Å². The van der Waals surface area contributed by atoms with Crippen LogP contribution < -0.4 is 20.3 Å². The predicted octanol–water partition coefficient (Wildman–Crippen LogP) is 5.58. The lowest BCUT2D eigenvalue weighted by molar-refractivity contribution is 0.209. The molecule has 1 heterocycles. The minimum absolute atomic E-state index is 0.0961. The molecule has 0 spiro atoms. The lowest BCUT2D eigenvalue weighted by atomic mass is 10.0. The Morgan fingerprint density at radius 2 is 1.70 bits per heavy atom. The molecule has 0 aliphatic carbocycles. The smallest absolute Gasteiger partial charge is 0.322 e. The van der Waals surface area contributed by atoms with E-state index in [-0.39, 0.29) is 12.1 Å². The van der Waals surface area contributed by atoms with Crippen LogP contribution in [-0.4, -0.2) is 36.7 Å². The van der Waals surface area contributed by atoms with Crippen molar-refractivity contribution < 1.29 is 18.7 Å². The molecule has 1 aromatic heterocycles. The van der Waals surface area contributed by atoms with Gasteiger partial charge in [0.2, 0.25) is 0 Å². The van der Waals surface area contributed by atoms with Gasteiger partial charge in [0.1, 0.15) is 5.82 Å². The van der Waals surface area contributed by atoms with Gasteiger partial charge in [0.05, 0.1) is 20.8 Å². The number of methoxy groups -OCH3 is 2. The number of anilines is 1. The molecule has 3 aromatic carbocycles. The molecule has 37 heavy (non-hydrogen) atoms. The number of hydrogen-bond acceptors (Lipinski definition) is 4. The molecule has 0 unspecified atom stereocenters. The van der Waals surface area contributed by atoms with E-state index in [0.29, 0.717) is 35.7 Å². The lowest BCUT2D eigenvalue weighted by Gasteiger charge is -2.23. The number of fused-ring (bicyclic) bond motifs is 1. The first kappa shape index (κ1) is 25.8. The summed E-state index contributed by atoms with van der Waals surface area (Å²) in [7, 11) is 3.14. The fourth-order valence-electron chi connectivity index (χ4n) is 4.33. The number of aromatic nitrogens is 1. The number of halogens is 1. The number of hydrogen-bond donors (Lipinski definition) is 2. The molecule has 2 amide bonds. The second-order valence-corrected chi connectivity index (χ2v) is 8.96. The SMILES string of the molecule is COc1ccc(CCN(Cc2cc3c(C)cc(C)cc3[nH]c2=O)C(=O)Nc2ccc(F)cc2)cc1OC. The van der Waals surface area contributed by atoms with Crippen molar-refractivity contribution in [2.45, 2.75) is 26.8 Å². The molecule has 0 radical (unpaired) electrons. The van der Waals surface area contributed by atoms with Crippen molar-refractivity contribution >= 4 is 22.6 Å². The molecule has 0 bridgehead atoms.